The normalized spacial score (nSPS) is 13.0. The molecule has 2 aromatic heterocycles. The summed E-state index contributed by atoms with van der Waals surface area (Å²) in [5, 5.41) is 7.05. The van der Waals surface area contributed by atoms with Crippen molar-refractivity contribution in [2.45, 2.75) is 31.3 Å². The van der Waals surface area contributed by atoms with Gasteiger partial charge in [0.2, 0.25) is 10.0 Å². The number of anilines is 1. The van der Waals surface area contributed by atoms with E-state index in [4.69, 9.17) is 0 Å². The maximum atomic E-state index is 12.3. The highest BCUT2D eigenvalue weighted by molar-refractivity contribution is 7.89. The number of nitrogens with zero attached hydrogens (tertiary/aromatic N) is 3. The maximum absolute atomic E-state index is 12.3. The van der Waals surface area contributed by atoms with E-state index in [9.17, 15) is 8.42 Å². The monoisotopic (exact) mass is 309 g/mol. The fraction of sp³-hybridized carbons (Fsp3) is 0.385. The summed E-state index contributed by atoms with van der Waals surface area (Å²) in [5.41, 5.74) is 0. The molecule has 0 amide bonds. The van der Waals surface area contributed by atoms with Crippen molar-refractivity contribution in [1.82, 2.24) is 19.5 Å². The minimum Gasteiger partial charge on any atom is -0.370 e. The number of rotatable bonds is 7. The van der Waals surface area contributed by atoms with E-state index in [1.54, 1.807) is 30.1 Å². The molecule has 0 spiro atoms. The van der Waals surface area contributed by atoms with Gasteiger partial charge in [-0.2, -0.15) is 5.10 Å². The zero-order chi connectivity index (χ0) is 15.3. The Morgan fingerprint density at radius 2 is 2.19 bits per heavy atom. The molecule has 0 fully saturated rings. The van der Waals surface area contributed by atoms with Crippen molar-refractivity contribution in [3.05, 3.63) is 36.8 Å². The van der Waals surface area contributed by atoms with Crippen LogP contribution in [-0.2, 0) is 16.6 Å². The van der Waals surface area contributed by atoms with Crippen molar-refractivity contribution < 1.29 is 8.42 Å². The van der Waals surface area contributed by atoms with Crippen molar-refractivity contribution in [1.29, 1.82) is 0 Å². The number of hydrogen-bond acceptors (Lipinski definition) is 5. The fourth-order valence-corrected chi connectivity index (χ4v) is 3.16. The zero-order valence-electron chi connectivity index (χ0n) is 12.0. The van der Waals surface area contributed by atoms with E-state index in [1.165, 1.54) is 18.3 Å². The second-order valence-electron chi connectivity index (χ2n) is 4.66. The predicted octanol–water partition coefficient (Wildman–Crippen LogP) is 1.08. The second kappa shape index (κ2) is 6.68. The lowest BCUT2D eigenvalue weighted by atomic mass is 10.4. The number of pyridine rings is 1. The molecule has 114 valence electrons. The Morgan fingerprint density at radius 1 is 1.38 bits per heavy atom. The molecule has 0 aliphatic rings. The van der Waals surface area contributed by atoms with Gasteiger partial charge < -0.3 is 5.32 Å². The highest BCUT2D eigenvalue weighted by Crippen LogP contribution is 2.13. The number of nitrogens with one attached hydrogen (secondary N) is 2. The lowest BCUT2D eigenvalue weighted by molar-refractivity contribution is 0.494. The molecular weight excluding hydrogens is 290 g/mol. The highest BCUT2D eigenvalue weighted by Gasteiger charge is 2.18. The Balaban J connectivity index is 2.08. The van der Waals surface area contributed by atoms with Crippen molar-refractivity contribution in [2.75, 3.05) is 11.9 Å². The van der Waals surface area contributed by atoms with E-state index in [0.717, 1.165) is 0 Å². The first-order valence-corrected chi connectivity index (χ1v) is 8.19. The molecule has 2 heterocycles. The molecule has 1 atom stereocenters. The lowest BCUT2D eigenvalue weighted by Gasteiger charge is -2.14. The first-order valence-electron chi connectivity index (χ1n) is 6.71. The molecular formula is C13H19N5O2S. The molecule has 0 aromatic carbocycles. The zero-order valence-corrected chi connectivity index (χ0v) is 12.8. The second-order valence-corrected chi connectivity index (χ2v) is 6.37. The van der Waals surface area contributed by atoms with Gasteiger partial charge in [0.05, 0.1) is 11.4 Å². The van der Waals surface area contributed by atoms with Crippen LogP contribution in [0.15, 0.2) is 41.7 Å². The van der Waals surface area contributed by atoms with Gasteiger partial charge in [0.15, 0.2) is 0 Å². The van der Waals surface area contributed by atoms with Gasteiger partial charge in [-0.1, -0.05) is 0 Å². The van der Waals surface area contributed by atoms with Crippen molar-refractivity contribution in [2.24, 2.45) is 0 Å². The van der Waals surface area contributed by atoms with E-state index >= 15 is 0 Å². The van der Waals surface area contributed by atoms with Gasteiger partial charge >= 0.3 is 0 Å². The Labute approximate surface area is 124 Å². The van der Waals surface area contributed by atoms with Crippen LogP contribution >= 0.6 is 0 Å². The topological polar surface area (TPSA) is 88.9 Å². The van der Waals surface area contributed by atoms with Crippen molar-refractivity contribution in [3.63, 3.8) is 0 Å². The molecule has 2 aromatic rings. The fourth-order valence-electron chi connectivity index (χ4n) is 1.92. The number of aromatic nitrogens is 3. The average molecular weight is 309 g/mol. The minimum absolute atomic E-state index is 0.195. The first kappa shape index (κ1) is 15.5. The number of sulfonamides is 1. The molecule has 0 radical (unpaired) electrons. The van der Waals surface area contributed by atoms with Gasteiger partial charge in [-0.15, -0.1) is 0 Å². The Hall–Kier alpha value is -1.93. The largest absolute Gasteiger partial charge is 0.370 e. The SMILES string of the molecule is CCNc1cc(S(=O)(=O)NC(C)Cn2cccn2)ccn1. The standard InChI is InChI=1S/C13H19N5O2S/c1-3-14-13-9-12(5-7-15-13)21(19,20)17-11(2)10-18-8-4-6-16-18/h4-9,11,17H,3,10H2,1-2H3,(H,14,15). The molecule has 0 aliphatic heterocycles. The smallest absolute Gasteiger partial charge is 0.241 e. The van der Waals surface area contributed by atoms with E-state index in [1.807, 2.05) is 6.92 Å². The maximum Gasteiger partial charge on any atom is 0.241 e. The summed E-state index contributed by atoms with van der Waals surface area (Å²) in [5.74, 6) is 0.542. The van der Waals surface area contributed by atoms with Crippen LogP contribution in [0.2, 0.25) is 0 Å². The van der Waals surface area contributed by atoms with E-state index < -0.39 is 10.0 Å². The summed E-state index contributed by atoms with van der Waals surface area (Å²) >= 11 is 0. The van der Waals surface area contributed by atoms with Crippen molar-refractivity contribution >= 4 is 15.8 Å². The summed E-state index contributed by atoms with van der Waals surface area (Å²) < 4.78 is 29.0. The molecule has 1 unspecified atom stereocenters. The van der Waals surface area contributed by atoms with Crippen LogP contribution in [0.3, 0.4) is 0 Å². The third kappa shape index (κ3) is 4.27. The highest BCUT2D eigenvalue weighted by atomic mass is 32.2. The van der Waals surface area contributed by atoms with Crippen LogP contribution in [0, 0.1) is 0 Å². The third-order valence-corrected chi connectivity index (χ3v) is 4.36. The third-order valence-electron chi connectivity index (χ3n) is 2.78. The summed E-state index contributed by atoms with van der Waals surface area (Å²) in [6.45, 7) is 4.87. The Morgan fingerprint density at radius 3 is 2.86 bits per heavy atom. The van der Waals surface area contributed by atoms with E-state index in [0.29, 0.717) is 18.9 Å². The summed E-state index contributed by atoms with van der Waals surface area (Å²) in [4.78, 5) is 4.26. The quantitative estimate of drug-likeness (QED) is 0.799. The summed E-state index contributed by atoms with van der Waals surface area (Å²) in [7, 11) is -3.57. The molecule has 2 rings (SSSR count). The Bertz CT molecular complexity index is 670. The van der Waals surface area contributed by atoms with Crippen LogP contribution in [0.25, 0.3) is 0 Å². The lowest BCUT2D eigenvalue weighted by Crippen LogP contribution is -2.35. The average Bonchev–Trinajstić information content (AvgIpc) is 2.91. The van der Waals surface area contributed by atoms with Crippen LogP contribution in [0.4, 0.5) is 5.82 Å². The van der Waals surface area contributed by atoms with Crippen LogP contribution < -0.4 is 10.0 Å². The van der Waals surface area contributed by atoms with Gasteiger partial charge in [0.1, 0.15) is 5.82 Å². The van der Waals surface area contributed by atoms with Gasteiger partial charge in [-0.25, -0.2) is 18.1 Å². The Kier molecular flexibility index (Phi) is 4.92. The van der Waals surface area contributed by atoms with E-state index in [-0.39, 0.29) is 10.9 Å². The first-order chi connectivity index (χ1) is 10.0. The molecule has 0 aliphatic carbocycles. The van der Waals surface area contributed by atoms with Crippen molar-refractivity contribution in [3.8, 4) is 0 Å². The van der Waals surface area contributed by atoms with Crippen LogP contribution in [0.5, 0.6) is 0 Å². The van der Waals surface area contributed by atoms with Gasteiger partial charge in [-0.3, -0.25) is 4.68 Å². The summed E-state index contributed by atoms with van der Waals surface area (Å²) in [6, 6.07) is 4.52. The molecule has 0 bridgehead atoms. The van der Waals surface area contributed by atoms with Gasteiger partial charge in [0.25, 0.3) is 0 Å². The van der Waals surface area contributed by atoms with Gasteiger partial charge in [-0.05, 0) is 26.0 Å². The predicted molar refractivity (Wildman–Crippen MR) is 80.4 cm³/mol. The summed E-state index contributed by atoms with van der Waals surface area (Å²) in [6.07, 6.45) is 4.93. The molecule has 8 heteroatoms. The molecule has 0 saturated heterocycles. The molecule has 2 N–H and O–H groups in total. The number of hydrogen-bond donors (Lipinski definition) is 2. The van der Waals surface area contributed by atoms with Crippen LogP contribution in [0.1, 0.15) is 13.8 Å². The van der Waals surface area contributed by atoms with Crippen LogP contribution in [-0.4, -0.2) is 35.8 Å². The van der Waals surface area contributed by atoms with Gasteiger partial charge in [0, 0.05) is 37.2 Å². The molecule has 21 heavy (non-hydrogen) atoms. The van der Waals surface area contributed by atoms with E-state index in [2.05, 4.69) is 20.1 Å². The molecule has 0 saturated carbocycles. The molecule has 7 nitrogen and oxygen atoms in total. The minimum atomic E-state index is -3.57.